The van der Waals surface area contributed by atoms with Crippen molar-refractivity contribution < 1.29 is 13.2 Å². The number of nitrogens with zero attached hydrogens (tertiary/aromatic N) is 4. The average Bonchev–Trinajstić information content (AvgIpc) is 3.38. The Morgan fingerprint density at radius 2 is 1.70 bits per heavy atom. The average molecular weight is 578 g/mol. The van der Waals surface area contributed by atoms with Crippen molar-refractivity contribution in [2.45, 2.75) is 25.3 Å². The fourth-order valence-corrected chi connectivity index (χ4v) is 7.32. The molecule has 1 aliphatic heterocycles. The quantitative estimate of drug-likeness (QED) is 0.320. The number of aryl methyl sites for hydroxylation is 2. The van der Waals surface area contributed by atoms with E-state index in [1.807, 2.05) is 30.3 Å². The number of thiazole rings is 1. The maximum absolute atomic E-state index is 13.0. The first-order valence-electron chi connectivity index (χ1n) is 13.4. The molecular weight excluding hydrogens is 542 g/mol. The molecule has 0 saturated carbocycles. The summed E-state index contributed by atoms with van der Waals surface area (Å²) >= 11 is 1.76. The van der Waals surface area contributed by atoms with Crippen molar-refractivity contribution in [1.82, 2.24) is 19.5 Å². The number of carbonyl (C=O) groups excluding carboxylic acids is 1. The normalized spacial score (nSPS) is 14.7. The van der Waals surface area contributed by atoms with E-state index in [1.165, 1.54) is 32.3 Å². The van der Waals surface area contributed by atoms with Crippen LogP contribution in [-0.2, 0) is 16.6 Å². The van der Waals surface area contributed by atoms with Crippen LogP contribution in [0.15, 0.2) is 71.6 Å². The molecule has 1 saturated heterocycles. The van der Waals surface area contributed by atoms with Crippen molar-refractivity contribution in [3.8, 4) is 0 Å². The van der Waals surface area contributed by atoms with E-state index in [9.17, 15) is 13.2 Å². The number of hydrogen-bond acceptors (Lipinski definition) is 7. The first kappa shape index (κ1) is 28.2. The number of rotatable bonds is 9. The van der Waals surface area contributed by atoms with Crippen molar-refractivity contribution >= 4 is 42.6 Å². The molecule has 210 valence electrons. The van der Waals surface area contributed by atoms with E-state index in [0.717, 1.165) is 48.9 Å². The Kier molecular flexibility index (Phi) is 8.51. The van der Waals surface area contributed by atoms with Crippen LogP contribution in [0.4, 0.5) is 5.13 Å². The second-order valence-electron chi connectivity index (χ2n) is 10.3. The van der Waals surface area contributed by atoms with Crippen molar-refractivity contribution in [1.29, 1.82) is 0 Å². The molecule has 40 heavy (non-hydrogen) atoms. The summed E-state index contributed by atoms with van der Waals surface area (Å²) in [5.41, 5.74) is 4.93. The SMILES string of the molecule is Cc1cc(C)c2nc(N3CCN(CCNC(=O)c4ccc(S(=O)(=O)N(C)Cc5ccccc5)cc4)CC3)sc2c1. The molecule has 1 N–H and O–H groups in total. The zero-order chi connectivity index (χ0) is 28.3. The molecule has 1 fully saturated rings. The Labute approximate surface area is 240 Å². The Morgan fingerprint density at radius 3 is 2.40 bits per heavy atom. The first-order chi connectivity index (χ1) is 19.2. The second-order valence-corrected chi connectivity index (χ2v) is 13.3. The molecule has 2 heterocycles. The number of piperazine rings is 1. The molecule has 0 aliphatic carbocycles. The highest BCUT2D eigenvalue weighted by molar-refractivity contribution is 7.89. The Balaban J connectivity index is 1.09. The molecule has 0 radical (unpaired) electrons. The van der Waals surface area contributed by atoms with Gasteiger partial charge >= 0.3 is 0 Å². The lowest BCUT2D eigenvalue weighted by molar-refractivity contribution is 0.0947. The van der Waals surface area contributed by atoms with Gasteiger partial charge in [0.15, 0.2) is 5.13 Å². The van der Waals surface area contributed by atoms with Crippen molar-refractivity contribution in [2.24, 2.45) is 0 Å². The van der Waals surface area contributed by atoms with Gasteiger partial charge < -0.3 is 10.2 Å². The Hall–Kier alpha value is -3.31. The lowest BCUT2D eigenvalue weighted by Crippen LogP contribution is -2.48. The van der Waals surface area contributed by atoms with Gasteiger partial charge in [-0.1, -0.05) is 47.7 Å². The van der Waals surface area contributed by atoms with Gasteiger partial charge in [0.2, 0.25) is 10.0 Å². The molecule has 0 bridgehead atoms. The maximum Gasteiger partial charge on any atom is 0.251 e. The van der Waals surface area contributed by atoms with E-state index in [2.05, 4.69) is 41.1 Å². The Bertz CT molecular complexity index is 1580. The van der Waals surface area contributed by atoms with E-state index >= 15 is 0 Å². The highest BCUT2D eigenvalue weighted by Crippen LogP contribution is 2.32. The zero-order valence-electron chi connectivity index (χ0n) is 23.1. The molecular formula is C30H35N5O3S2. The van der Waals surface area contributed by atoms with Crippen LogP contribution in [0.3, 0.4) is 0 Å². The lowest BCUT2D eigenvalue weighted by atomic mass is 10.1. The summed E-state index contributed by atoms with van der Waals surface area (Å²) in [6.07, 6.45) is 0. The number of carbonyl (C=O) groups is 1. The molecule has 1 aliphatic rings. The summed E-state index contributed by atoms with van der Waals surface area (Å²) in [5, 5.41) is 4.04. The highest BCUT2D eigenvalue weighted by Gasteiger charge is 2.22. The largest absolute Gasteiger partial charge is 0.351 e. The molecule has 0 spiro atoms. The minimum Gasteiger partial charge on any atom is -0.351 e. The number of fused-ring (bicyclic) bond motifs is 1. The van der Waals surface area contributed by atoms with E-state index in [-0.39, 0.29) is 17.3 Å². The van der Waals surface area contributed by atoms with E-state index in [1.54, 1.807) is 30.5 Å². The van der Waals surface area contributed by atoms with E-state index < -0.39 is 10.0 Å². The highest BCUT2D eigenvalue weighted by atomic mass is 32.2. The standard InChI is InChI=1S/C30H35N5O3S2/c1-22-19-23(2)28-27(20-22)39-30(32-28)35-17-15-34(16-18-35)14-13-31-29(36)25-9-11-26(12-10-25)40(37,38)33(3)21-24-7-5-4-6-8-24/h4-12,19-20H,13-18,21H2,1-3H3,(H,31,36). The van der Waals surface area contributed by atoms with Crippen molar-refractivity contribution in [3.05, 3.63) is 89.0 Å². The topological polar surface area (TPSA) is 85.9 Å². The summed E-state index contributed by atoms with van der Waals surface area (Å²) in [6.45, 7) is 9.43. The maximum atomic E-state index is 13.0. The monoisotopic (exact) mass is 577 g/mol. The lowest BCUT2D eigenvalue weighted by Gasteiger charge is -2.34. The van der Waals surface area contributed by atoms with Crippen LogP contribution in [-0.4, -0.2) is 74.8 Å². The smallest absolute Gasteiger partial charge is 0.251 e. The Morgan fingerprint density at radius 1 is 1.00 bits per heavy atom. The van der Waals surface area contributed by atoms with E-state index in [4.69, 9.17) is 4.98 Å². The molecule has 1 aromatic heterocycles. The van der Waals surface area contributed by atoms with Gasteiger partial charge in [-0.15, -0.1) is 0 Å². The molecule has 8 nitrogen and oxygen atoms in total. The summed E-state index contributed by atoms with van der Waals surface area (Å²) in [4.78, 5) is 22.4. The van der Waals surface area contributed by atoms with Gasteiger partial charge in [0.25, 0.3) is 5.91 Å². The molecule has 5 rings (SSSR count). The summed E-state index contributed by atoms with van der Waals surface area (Å²) in [6, 6.07) is 20.0. The molecule has 3 aromatic carbocycles. The third-order valence-electron chi connectivity index (χ3n) is 7.25. The minimum absolute atomic E-state index is 0.166. The van der Waals surface area contributed by atoms with Gasteiger partial charge in [-0.2, -0.15) is 4.31 Å². The number of aromatic nitrogens is 1. The van der Waals surface area contributed by atoms with Gasteiger partial charge in [0.1, 0.15) is 0 Å². The van der Waals surface area contributed by atoms with E-state index in [0.29, 0.717) is 12.1 Å². The first-order valence-corrected chi connectivity index (χ1v) is 15.7. The molecule has 0 unspecified atom stereocenters. The number of anilines is 1. The van der Waals surface area contributed by atoms with Gasteiger partial charge in [-0.25, -0.2) is 13.4 Å². The van der Waals surface area contributed by atoms with Crippen LogP contribution in [0.5, 0.6) is 0 Å². The third kappa shape index (κ3) is 6.36. The summed E-state index contributed by atoms with van der Waals surface area (Å²) in [7, 11) is -2.10. The molecule has 1 amide bonds. The number of sulfonamides is 1. The van der Waals surface area contributed by atoms with Crippen molar-refractivity contribution in [2.75, 3.05) is 51.2 Å². The zero-order valence-corrected chi connectivity index (χ0v) is 24.8. The van der Waals surface area contributed by atoms with Gasteiger partial charge in [-0.05, 0) is 60.9 Å². The second kappa shape index (κ2) is 12.1. The van der Waals surface area contributed by atoms with Crippen LogP contribution >= 0.6 is 11.3 Å². The summed E-state index contributed by atoms with van der Waals surface area (Å²) < 4.78 is 28.5. The van der Waals surface area contributed by atoms with Crippen LogP contribution in [0.25, 0.3) is 10.2 Å². The fraction of sp³-hybridized carbons (Fsp3) is 0.333. The number of amides is 1. The number of nitrogens with one attached hydrogen (secondary N) is 1. The third-order valence-corrected chi connectivity index (χ3v) is 10.1. The minimum atomic E-state index is -3.66. The van der Waals surface area contributed by atoms with Crippen LogP contribution in [0, 0.1) is 13.8 Å². The molecule has 10 heteroatoms. The molecule has 4 aromatic rings. The van der Waals surface area contributed by atoms with Gasteiger partial charge in [0, 0.05) is 58.4 Å². The number of hydrogen-bond donors (Lipinski definition) is 1. The van der Waals surface area contributed by atoms with Crippen LogP contribution in [0.1, 0.15) is 27.0 Å². The number of benzene rings is 3. The van der Waals surface area contributed by atoms with Crippen LogP contribution < -0.4 is 10.2 Å². The van der Waals surface area contributed by atoms with Gasteiger partial charge in [-0.3, -0.25) is 9.69 Å². The van der Waals surface area contributed by atoms with Crippen LogP contribution in [0.2, 0.25) is 0 Å². The van der Waals surface area contributed by atoms with Crippen molar-refractivity contribution in [3.63, 3.8) is 0 Å². The summed E-state index contributed by atoms with van der Waals surface area (Å²) in [5.74, 6) is -0.208. The molecule has 0 atom stereocenters. The van der Waals surface area contributed by atoms with Gasteiger partial charge in [0.05, 0.1) is 15.1 Å². The fourth-order valence-electron chi connectivity index (χ4n) is 4.97. The predicted octanol–water partition coefficient (Wildman–Crippen LogP) is 4.29. The predicted molar refractivity (Wildman–Crippen MR) is 162 cm³/mol.